The Bertz CT molecular complexity index is 485. The maximum Gasteiger partial charge on any atom is 0.254 e. The first-order chi connectivity index (χ1) is 11.3. The van der Waals surface area contributed by atoms with Crippen LogP contribution in [0.15, 0.2) is 24.5 Å². The number of aromatic nitrogens is 1. The fraction of sp³-hybridized carbons (Fsp3) is 0.647. The number of morpholine rings is 1. The largest absolute Gasteiger partial charge is 0.381 e. The Hall–Kier alpha value is -1.50. The van der Waals surface area contributed by atoms with Gasteiger partial charge in [0.2, 0.25) is 0 Å². The molecule has 0 spiro atoms. The SMILES string of the molecule is O=C(c1ccncc1)N(CCN1CCOCC1)C1CCOCC1. The molecule has 0 atom stereocenters. The highest BCUT2D eigenvalue weighted by Crippen LogP contribution is 2.17. The molecule has 6 heteroatoms. The van der Waals surface area contributed by atoms with Gasteiger partial charge in [0.25, 0.3) is 5.91 Å². The summed E-state index contributed by atoms with van der Waals surface area (Å²) in [6.07, 6.45) is 5.19. The maximum absolute atomic E-state index is 12.9. The minimum absolute atomic E-state index is 0.104. The molecule has 126 valence electrons. The number of amides is 1. The quantitative estimate of drug-likeness (QED) is 0.811. The van der Waals surface area contributed by atoms with Crippen LogP contribution in [0.25, 0.3) is 0 Å². The van der Waals surface area contributed by atoms with Gasteiger partial charge >= 0.3 is 0 Å². The Morgan fingerprint density at radius 2 is 1.78 bits per heavy atom. The number of rotatable bonds is 5. The third-order valence-corrected chi connectivity index (χ3v) is 4.58. The lowest BCUT2D eigenvalue weighted by Gasteiger charge is -2.36. The van der Waals surface area contributed by atoms with Crippen LogP contribution < -0.4 is 0 Å². The van der Waals surface area contributed by atoms with Gasteiger partial charge in [-0.2, -0.15) is 0 Å². The maximum atomic E-state index is 12.9. The smallest absolute Gasteiger partial charge is 0.254 e. The van der Waals surface area contributed by atoms with Crippen molar-refractivity contribution in [3.05, 3.63) is 30.1 Å². The van der Waals surface area contributed by atoms with Crippen molar-refractivity contribution in [1.29, 1.82) is 0 Å². The summed E-state index contributed by atoms with van der Waals surface area (Å²) in [5, 5.41) is 0. The third-order valence-electron chi connectivity index (χ3n) is 4.58. The third kappa shape index (κ3) is 4.50. The fourth-order valence-electron chi connectivity index (χ4n) is 3.18. The van der Waals surface area contributed by atoms with Crippen molar-refractivity contribution in [2.45, 2.75) is 18.9 Å². The molecule has 2 fully saturated rings. The van der Waals surface area contributed by atoms with Crippen LogP contribution in [0.4, 0.5) is 0 Å². The molecular formula is C17H25N3O3. The molecule has 0 N–H and O–H groups in total. The van der Waals surface area contributed by atoms with E-state index in [1.165, 1.54) is 0 Å². The summed E-state index contributed by atoms with van der Waals surface area (Å²) in [5.74, 6) is 0.104. The second-order valence-corrected chi connectivity index (χ2v) is 6.03. The summed E-state index contributed by atoms with van der Waals surface area (Å²) < 4.78 is 10.8. The number of nitrogens with zero attached hydrogens (tertiary/aromatic N) is 3. The van der Waals surface area contributed by atoms with Crippen LogP contribution in [0.5, 0.6) is 0 Å². The van der Waals surface area contributed by atoms with E-state index in [1.54, 1.807) is 24.5 Å². The van der Waals surface area contributed by atoms with Crippen molar-refractivity contribution >= 4 is 5.91 Å². The molecule has 2 aliphatic heterocycles. The lowest BCUT2D eigenvalue weighted by molar-refractivity contribution is 0.0141. The Morgan fingerprint density at radius 1 is 1.13 bits per heavy atom. The topological polar surface area (TPSA) is 54.9 Å². The van der Waals surface area contributed by atoms with E-state index in [2.05, 4.69) is 9.88 Å². The number of carbonyl (C=O) groups is 1. The zero-order valence-electron chi connectivity index (χ0n) is 13.5. The van der Waals surface area contributed by atoms with Crippen LogP contribution in [-0.2, 0) is 9.47 Å². The van der Waals surface area contributed by atoms with E-state index in [-0.39, 0.29) is 11.9 Å². The highest BCUT2D eigenvalue weighted by atomic mass is 16.5. The highest BCUT2D eigenvalue weighted by Gasteiger charge is 2.27. The molecule has 3 heterocycles. The number of carbonyl (C=O) groups excluding carboxylic acids is 1. The van der Waals surface area contributed by atoms with Crippen molar-refractivity contribution in [3.63, 3.8) is 0 Å². The lowest BCUT2D eigenvalue weighted by Crippen LogP contribution is -2.48. The van der Waals surface area contributed by atoms with Crippen molar-refractivity contribution in [3.8, 4) is 0 Å². The van der Waals surface area contributed by atoms with Gasteiger partial charge < -0.3 is 14.4 Å². The molecule has 2 saturated heterocycles. The first kappa shape index (κ1) is 16.4. The second-order valence-electron chi connectivity index (χ2n) is 6.03. The minimum Gasteiger partial charge on any atom is -0.381 e. The van der Waals surface area contributed by atoms with E-state index in [4.69, 9.17) is 9.47 Å². The predicted octanol–water partition coefficient (Wildman–Crippen LogP) is 1.03. The fourth-order valence-corrected chi connectivity index (χ4v) is 3.18. The lowest BCUT2D eigenvalue weighted by atomic mass is 10.1. The molecule has 1 aromatic heterocycles. The minimum atomic E-state index is 0.104. The van der Waals surface area contributed by atoms with Gasteiger partial charge in [-0.25, -0.2) is 0 Å². The molecular weight excluding hydrogens is 294 g/mol. The summed E-state index contributed by atoms with van der Waals surface area (Å²) >= 11 is 0. The molecule has 0 aromatic carbocycles. The average Bonchev–Trinajstić information content (AvgIpc) is 2.64. The Balaban J connectivity index is 1.66. The number of pyridine rings is 1. The molecule has 0 bridgehead atoms. The average molecular weight is 319 g/mol. The van der Waals surface area contributed by atoms with Crippen molar-refractivity contribution in [2.75, 3.05) is 52.6 Å². The normalized spacial score (nSPS) is 20.3. The molecule has 1 amide bonds. The Morgan fingerprint density at radius 3 is 2.48 bits per heavy atom. The van der Waals surface area contributed by atoms with Gasteiger partial charge in [0, 0.05) is 63.4 Å². The van der Waals surface area contributed by atoms with Crippen molar-refractivity contribution in [2.24, 2.45) is 0 Å². The van der Waals surface area contributed by atoms with Crippen LogP contribution in [0.3, 0.4) is 0 Å². The van der Waals surface area contributed by atoms with Crippen LogP contribution in [0.2, 0.25) is 0 Å². The molecule has 0 aliphatic carbocycles. The summed E-state index contributed by atoms with van der Waals surface area (Å²) in [6, 6.07) is 3.86. The summed E-state index contributed by atoms with van der Waals surface area (Å²) in [4.78, 5) is 21.3. The Kier molecular flexibility index (Phi) is 5.96. The molecule has 0 radical (unpaired) electrons. The van der Waals surface area contributed by atoms with Crippen molar-refractivity contribution in [1.82, 2.24) is 14.8 Å². The monoisotopic (exact) mass is 319 g/mol. The van der Waals surface area contributed by atoms with Crippen LogP contribution in [0, 0.1) is 0 Å². The molecule has 3 rings (SSSR count). The standard InChI is InChI=1S/C17H25N3O3/c21-17(15-1-5-18-6-2-15)20(16-3-11-22-12-4-16)8-7-19-9-13-23-14-10-19/h1-2,5-6,16H,3-4,7-14H2. The van der Waals surface area contributed by atoms with Gasteiger partial charge in [-0.1, -0.05) is 0 Å². The highest BCUT2D eigenvalue weighted by molar-refractivity contribution is 5.94. The number of hydrogen-bond acceptors (Lipinski definition) is 5. The van der Waals surface area contributed by atoms with E-state index in [0.29, 0.717) is 5.56 Å². The number of ether oxygens (including phenoxy) is 2. The van der Waals surface area contributed by atoms with Gasteiger partial charge in [-0.15, -0.1) is 0 Å². The molecule has 2 aliphatic rings. The first-order valence-electron chi connectivity index (χ1n) is 8.43. The van der Waals surface area contributed by atoms with Crippen LogP contribution in [0.1, 0.15) is 23.2 Å². The molecule has 23 heavy (non-hydrogen) atoms. The van der Waals surface area contributed by atoms with E-state index in [9.17, 15) is 4.79 Å². The van der Waals surface area contributed by atoms with E-state index < -0.39 is 0 Å². The van der Waals surface area contributed by atoms with Crippen LogP contribution >= 0.6 is 0 Å². The summed E-state index contributed by atoms with van der Waals surface area (Å²) in [6.45, 7) is 6.61. The van der Waals surface area contributed by atoms with Gasteiger partial charge in [-0.3, -0.25) is 14.7 Å². The molecule has 0 saturated carbocycles. The summed E-state index contributed by atoms with van der Waals surface area (Å²) in [7, 11) is 0. The van der Waals surface area contributed by atoms with E-state index >= 15 is 0 Å². The zero-order valence-corrected chi connectivity index (χ0v) is 13.5. The van der Waals surface area contributed by atoms with Crippen LogP contribution in [-0.4, -0.2) is 79.3 Å². The molecule has 0 unspecified atom stereocenters. The van der Waals surface area contributed by atoms with Crippen molar-refractivity contribution < 1.29 is 14.3 Å². The van der Waals surface area contributed by atoms with Gasteiger partial charge in [0.1, 0.15) is 0 Å². The number of hydrogen-bond donors (Lipinski definition) is 0. The Labute approximate surface area is 137 Å². The zero-order chi connectivity index (χ0) is 15.9. The first-order valence-corrected chi connectivity index (χ1v) is 8.43. The van der Waals surface area contributed by atoms with Gasteiger partial charge in [0.05, 0.1) is 13.2 Å². The van der Waals surface area contributed by atoms with Gasteiger partial charge in [0.15, 0.2) is 0 Å². The van der Waals surface area contributed by atoms with E-state index in [1.807, 2.05) is 4.90 Å². The predicted molar refractivity (Wildman–Crippen MR) is 86.4 cm³/mol. The molecule has 1 aromatic rings. The second kappa shape index (κ2) is 8.38. The summed E-state index contributed by atoms with van der Waals surface area (Å²) in [5.41, 5.74) is 0.716. The van der Waals surface area contributed by atoms with E-state index in [0.717, 1.165) is 65.4 Å². The molecule has 6 nitrogen and oxygen atoms in total. The van der Waals surface area contributed by atoms with Gasteiger partial charge in [-0.05, 0) is 25.0 Å².